The Morgan fingerprint density at radius 2 is 1.68 bits per heavy atom. The summed E-state index contributed by atoms with van der Waals surface area (Å²) in [5, 5.41) is 5.58. The second-order valence-corrected chi connectivity index (χ2v) is 9.52. The maximum absolute atomic E-state index is 12.6. The van der Waals surface area contributed by atoms with E-state index in [2.05, 4.69) is 59.5 Å². The van der Waals surface area contributed by atoms with Crippen molar-refractivity contribution >= 4 is 23.2 Å². The molecule has 2 aromatic carbocycles. The second kappa shape index (κ2) is 11.0. The number of nitrogens with zero attached hydrogens (tertiary/aromatic N) is 2. The molecule has 2 aliphatic heterocycles. The van der Waals surface area contributed by atoms with Gasteiger partial charge < -0.3 is 20.3 Å². The van der Waals surface area contributed by atoms with Gasteiger partial charge >= 0.3 is 11.8 Å². The third kappa shape index (κ3) is 5.77. The van der Waals surface area contributed by atoms with Crippen LogP contribution in [0.1, 0.15) is 48.9 Å². The normalized spacial score (nSPS) is 17.2. The summed E-state index contributed by atoms with van der Waals surface area (Å²) in [5.41, 5.74) is 5.60. The zero-order chi connectivity index (χ0) is 24.1. The van der Waals surface area contributed by atoms with Crippen molar-refractivity contribution in [2.24, 2.45) is 0 Å². The Labute approximate surface area is 202 Å². The van der Waals surface area contributed by atoms with E-state index in [1.165, 1.54) is 22.4 Å². The fourth-order valence-corrected chi connectivity index (χ4v) is 4.77. The predicted octanol–water partition coefficient (Wildman–Crippen LogP) is 3.32. The van der Waals surface area contributed by atoms with E-state index in [1.54, 1.807) is 0 Å². The standard InChI is InChI=1S/C27H36N4O3/c1-19(2)20-6-9-23(10-7-20)29-27(33)26(32)28-18-25(31-13-15-34-16-14-31)22-8-11-24-21(17-22)5-4-12-30(24)3/h6-11,17,19,25H,4-5,12-16,18H2,1-3H3,(H,28,32)(H,29,33). The lowest BCUT2D eigenvalue weighted by molar-refractivity contribution is -0.136. The van der Waals surface area contributed by atoms with Crippen LogP contribution >= 0.6 is 0 Å². The lowest BCUT2D eigenvalue weighted by Gasteiger charge is -2.36. The molecule has 182 valence electrons. The van der Waals surface area contributed by atoms with Crippen molar-refractivity contribution in [3.05, 3.63) is 59.2 Å². The van der Waals surface area contributed by atoms with Crippen LogP contribution in [0.4, 0.5) is 11.4 Å². The molecule has 1 fully saturated rings. The molecule has 7 heteroatoms. The molecule has 34 heavy (non-hydrogen) atoms. The van der Waals surface area contributed by atoms with E-state index in [9.17, 15) is 9.59 Å². The lowest BCUT2D eigenvalue weighted by Crippen LogP contribution is -2.45. The molecule has 1 saturated heterocycles. The molecule has 4 rings (SSSR count). The van der Waals surface area contributed by atoms with Crippen LogP contribution in [0.5, 0.6) is 0 Å². The van der Waals surface area contributed by atoms with E-state index >= 15 is 0 Å². The monoisotopic (exact) mass is 464 g/mol. The van der Waals surface area contributed by atoms with Crippen molar-refractivity contribution in [1.82, 2.24) is 10.2 Å². The van der Waals surface area contributed by atoms with Gasteiger partial charge in [-0.1, -0.05) is 38.1 Å². The van der Waals surface area contributed by atoms with Crippen molar-refractivity contribution in [3.63, 3.8) is 0 Å². The molecule has 0 saturated carbocycles. The van der Waals surface area contributed by atoms with Crippen molar-refractivity contribution < 1.29 is 14.3 Å². The number of carbonyl (C=O) groups excluding carboxylic acids is 2. The third-order valence-electron chi connectivity index (χ3n) is 6.82. The highest BCUT2D eigenvalue weighted by molar-refractivity contribution is 6.39. The van der Waals surface area contributed by atoms with Gasteiger partial charge in [0.1, 0.15) is 0 Å². The van der Waals surface area contributed by atoms with Crippen molar-refractivity contribution in [3.8, 4) is 0 Å². The van der Waals surface area contributed by atoms with Crippen LogP contribution in [-0.4, -0.2) is 63.2 Å². The number of anilines is 2. The second-order valence-electron chi connectivity index (χ2n) is 9.52. The van der Waals surface area contributed by atoms with Crippen LogP contribution in [0.15, 0.2) is 42.5 Å². The van der Waals surface area contributed by atoms with Crippen molar-refractivity contribution in [1.29, 1.82) is 0 Å². The highest BCUT2D eigenvalue weighted by Crippen LogP contribution is 2.31. The van der Waals surface area contributed by atoms with Crippen LogP contribution < -0.4 is 15.5 Å². The number of carbonyl (C=O) groups is 2. The van der Waals surface area contributed by atoms with Crippen LogP contribution in [0.2, 0.25) is 0 Å². The van der Waals surface area contributed by atoms with Gasteiger partial charge in [0.15, 0.2) is 0 Å². The SMILES string of the molecule is CC(C)c1ccc(NC(=O)C(=O)NCC(c2ccc3c(c2)CCCN3C)N2CCOCC2)cc1. The Morgan fingerprint density at radius 1 is 0.971 bits per heavy atom. The number of amides is 2. The van der Waals surface area contributed by atoms with Gasteiger partial charge in [-0.3, -0.25) is 14.5 Å². The Morgan fingerprint density at radius 3 is 2.38 bits per heavy atom. The van der Waals surface area contributed by atoms with Crippen LogP contribution in [0, 0.1) is 0 Å². The number of hydrogen-bond donors (Lipinski definition) is 2. The first kappa shape index (κ1) is 24.2. The molecule has 2 heterocycles. The minimum absolute atomic E-state index is 0.0106. The molecule has 7 nitrogen and oxygen atoms in total. The van der Waals surface area contributed by atoms with Gasteiger partial charge in [0.05, 0.1) is 19.3 Å². The van der Waals surface area contributed by atoms with Gasteiger partial charge in [-0.25, -0.2) is 0 Å². The number of nitrogens with one attached hydrogen (secondary N) is 2. The van der Waals surface area contributed by atoms with Crippen LogP contribution in [-0.2, 0) is 20.7 Å². The summed E-state index contributed by atoms with van der Waals surface area (Å²) in [6.07, 6.45) is 2.21. The van der Waals surface area contributed by atoms with Crippen molar-refractivity contribution in [2.45, 2.75) is 38.6 Å². The average molecular weight is 465 g/mol. The molecule has 2 N–H and O–H groups in total. The minimum atomic E-state index is -0.648. The van der Waals surface area contributed by atoms with E-state index in [-0.39, 0.29) is 6.04 Å². The smallest absolute Gasteiger partial charge is 0.313 e. The maximum Gasteiger partial charge on any atom is 0.313 e. The Balaban J connectivity index is 1.43. The van der Waals surface area contributed by atoms with Gasteiger partial charge in [-0.2, -0.15) is 0 Å². The number of benzene rings is 2. The third-order valence-corrected chi connectivity index (χ3v) is 6.82. The van der Waals surface area contributed by atoms with Crippen LogP contribution in [0.3, 0.4) is 0 Å². The molecule has 2 amide bonds. The first-order valence-electron chi connectivity index (χ1n) is 12.3. The molecule has 2 aromatic rings. The summed E-state index contributed by atoms with van der Waals surface area (Å²) < 4.78 is 5.54. The van der Waals surface area contributed by atoms with Gasteiger partial charge in [0, 0.05) is 44.6 Å². The molecule has 1 atom stereocenters. The first-order valence-corrected chi connectivity index (χ1v) is 12.3. The van der Waals surface area contributed by atoms with Crippen molar-refractivity contribution in [2.75, 3.05) is 56.7 Å². The zero-order valence-electron chi connectivity index (χ0n) is 20.5. The van der Waals surface area contributed by atoms with Gasteiger partial charge in [-0.05, 0) is 53.6 Å². The highest BCUT2D eigenvalue weighted by Gasteiger charge is 2.26. The fourth-order valence-electron chi connectivity index (χ4n) is 4.77. The van der Waals surface area contributed by atoms with E-state index in [1.807, 2.05) is 24.3 Å². The lowest BCUT2D eigenvalue weighted by atomic mass is 9.95. The number of aryl methyl sites for hydroxylation is 1. The molecular formula is C27H36N4O3. The first-order chi connectivity index (χ1) is 16.4. The molecular weight excluding hydrogens is 428 g/mol. The molecule has 0 radical (unpaired) electrons. The quantitative estimate of drug-likeness (QED) is 0.642. The highest BCUT2D eigenvalue weighted by atomic mass is 16.5. The summed E-state index contributed by atoms with van der Waals surface area (Å²) in [4.78, 5) is 29.8. The molecule has 0 spiro atoms. The zero-order valence-corrected chi connectivity index (χ0v) is 20.5. The topological polar surface area (TPSA) is 73.9 Å². The van der Waals surface area contributed by atoms with E-state index in [0.29, 0.717) is 31.4 Å². The minimum Gasteiger partial charge on any atom is -0.379 e. The average Bonchev–Trinajstić information content (AvgIpc) is 2.85. The molecule has 1 unspecified atom stereocenters. The molecule has 2 aliphatic rings. The largest absolute Gasteiger partial charge is 0.379 e. The molecule has 0 aliphatic carbocycles. The van der Waals surface area contributed by atoms with Crippen LogP contribution in [0.25, 0.3) is 0 Å². The number of ether oxygens (including phenoxy) is 1. The Bertz CT molecular complexity index is 999. The number of morpholine rings is 1. The maximum atomic E-state index is 12.6. The number of fused-ring (bicyclic) bond motifs is 1. The summed E-state index contributed by atoms with van der Waals surface area (Å²) in [6, 6.07) is 14.2. The summed E-state index contributed by atoms with van der Waals surface area (Å²) in [5.74, 6) is -0.858. The summed E-state index contributed by atoms with van der Waals surface area (Å²) >= 11 is 0. The number of hydrogen-bond acceptors (Lipinski definition) is 5. The van der Waals surface area contributed by atoms with E-state index < -0.39 is 11.8 Å². The van der Waals surface area contributed by atoms with Gasteiger partial charge in [-0.15, -0.1) is 0 Å². The Kier molecular flexibility index (Phi) is 7.85. The molecule has 0 bridgehead atoms. The summed E-state index contributed by atoms with van der Waals surface area (Å²) in [6.45, 7) is 8.62. The molecule has 0 aromatic heterocycles. The predicted molar refractivity (Wildman–Crippen MR) is 135 cm³/mol. The van der Waals surface area contributed by atoms with Gasteiger partial charge in [0.25, 0.3) is 0 Å². The fraction of sp³-hybridized carbons (Fsp3) is 0.481. The van der Waals surface area contributed by atoms with E-state index in [4.69, 9.17) is 4.74 Å². The van der Waals surface area contributed by atoms with E-state index in [0.717, 1.165) is 32.5 Å². The summed E-state index contributed by atoms with van der Waals surface area (Å²) in [7, 11) is 2.13. The number of rotatable bonds is 6. The van der Waals surface area contributed by atoms with Gasteiger partial charge in [0.2, 0.25) is 0 Å². The Hall–Kier alpha value is -2.90.